The molecular formula is C26H27N5O3S. The average Bonchev–Trinajstić information content (AvgIpc) is 3.24. The Balaban J connectivity index is 1.65. The molecule has 35 heavy (non-hydrogen) atoms. The van der Waals surface area contributed by atoms with Crippen LogP contribution in [0.25, 0.3) is 11.4 Å². The van der Waals surface area contributed by atoms with Gasteiger partial charge in [0.15, 0.2) is 17.3 Å². The standard InChI is InChI=1S/C26H27N5O3S/c1-16-10-11-17(2)20(14-16)28-25(32)23(18-8-6-5-7-9-18)35-26-30-29-24(31(26)27)19-12-13-21(33-3)22(15-19)34-4/h5-15,23H,27H2,1-4H3,(H,28,32). The largest absolute Gasteiger partial charge is 0.493 e. The topological polar surface area (TPSA) is 104 Å². The fourth-order valence-electron chi connectivity index (χ4n) is 3.60. The highest BCUT2D eigenvalue weighted by molar-refractivity contribution is 8.00. The Morgan fingerprint density at radius 2 is 1.71 bits per heavy atom. The van der Waals surface area contributed by atoms with Crippen molar-refractivity contribution in [1.82, 2.24) is 14.9 Å². The first-order valence-corrected chi connectivity index (χ1v) is 11.8. The van der Waals surface area contributed by atoms with E-state index in [4.69, 9.17) is 15.3 Å². The average molecular weight is 490 g/mol. The molecule has 0 aliphatic rings. The van der Waals surface area contributed by atoms with Gasteiger partial charge < -0.3 is 20.6 Å². The van der Waals surface area contributed by atoms with Crippen molar-refractivity contribution in [2.75, 3.05) is 25.4 Å². The summed E-state index contributed by atoms with van der Waals surface area (Å²) in [6, 6.07) is 20.9. The highest BCUT2D eigenvalue weighted by Crippen LogP contribution is 2.37. The van der Waals surface area contributed by atoms with Gasteiger partial charge in [-0.1, -0.05) is 54.2 Å². The molecule has 0 radical (unpaired) electrons. The SMILES string of the molecule is COc1ccc(-c2nnc(SC(C(=O)Nc3cc(C)ccc3C)c3ccccc3)n2N)cc1OC. The molecule has 3 N–H and O–H groups in total. The van der Waals surface area contributed by atoms with Crippen molar-refractivity contribution in [1.29, 1.82) is 0 Å². The number of amides is 1. The minimum absolute atomic E-state index is 0.175. The van der Waals surface area contributed by atoms with E-state index in [2.05, 4.69) is 15.5 Å². The van der Waals surface area contributed by atoms with E-state index in [1.807, 2.05) is 68.4 Å². The van der Waals surface area contributed by atoms with Gasteiger partial charge in [-0.25, -0.2) is 4.68 Å². The number of ether oxygens (including phenoxy) is 2. The third-order valence-electron chi connectivity index (χ3n) is 5.52. The first-order chi connectivity index (χ1) is 16.9. The second-order valence-electron chi connectivity index (χ2n) is 7.96. The van der Waals surface area contributed by atoms with Crippen LogP contribution < -0.4 is 20.6 Å². The van der Waals surface area contributed by atoms with E-state index < -0.39 is 5.25 Å². The maximum atomic E-state index is 13.5. The molecule has 0 aliphatic carbocycles. The number of nitrogens with two attached hydrogens (primary N) is 1. The van der Waals surface area contributed by atoms with E-state index in [0.717, 1.165) is 22.4 Å². The van der Waals surface area contributed by atoms with Crippen LogP contribution in [0.1, 0.15) is 21.9 Å². The molecule has 1 atom stereocenters. The van der Waals surface area contributed by atoms with Crippen molar-refractivity contribution in [2.24, 2.45) is 0 Å². The van der Waals surface area contributed by atoms with Gasteiger partial charge in [0.1, 0.15) is 5.25 Å². The lowest BCUT2D eigenvalue weighted by Gasteiger charge is -2.18. The Labute approximate surface area is 208 Å². The van der Waals surface area contributed by atoms with Gasteiger partial charge in [-0.2, -0.15) is 0 Å². The van der Waals surface area contributed by atoms with E-state index in [0.29, 0.717) is 28.0 Å². The number of hydrogen-bond acceptors (Lipinski definition) is 7. The summed E-state index contributed by atoms with van der Waals surface area (Å²) in [7, 11) is 3.14. The van der Waals surface area contributed by atoms with Gasteiger partial charge in [-0.3, -0.25) is 4.79 Å². The quantitative estimate of drug-likeness (QED) is 0.271. The molecule has 9 heteroatoms. The lowest BCUT2D eigenvalue weighted by atomic mass is 10.1. The molecule has 0 aliphatic heterocycles. The zero-order valence-corrected chi connectivity index (χ0v) is 20.8. The van der Waals surface area contributed by atoms with Gasteiger partial charge in [-0.15, -0.1) is 10.2 Å². The molecule has 0 fully saturated rings. The summed E-state index contributed by atoms with van der Waals surface area (Å²) in [6.45, 7) is 3.96. The zero-order valence-electron chi connectivity index (χ0n) is 20.0. The van der Waals surface area contributed by atoms with Gasteiger partial charge in [0.25, 0.3) is 0 Å². The van der Waals surface area contributed by atoms with Crippen LogP contribution in [-0.4, -0.2) is 35.0 Å². The summed E-state index contributed by atoms with van der Waals surface area (Å²) >= 11 is 1.24. The van der Waals surface area contributed by atoms with Crippen LogP contribution in [-0.2, 0) is 4.79 Å². The van der Waals surface area contributed by atoms with Gasteiger partial charge in [0.05, 0.1) is 14.2 Å². The van der Waals surface area contributed by atoms with Crippen LogP contribution in [0.15, 0.2) is 71.9 Å². The van der Waals surface area contributed by atoms with E-state index >= 15 is 0 Å². The van der Waals surface area contributed by atoms with Gasteiger partial charge in [0.2, 0.25) is 11.1 Å². The highest BCUT2D eigenvalue weighted by atomic mass is 32.2. The molecule has 4 rings (SSSR count). The van der Waals surface area contributed by atoms with Crippen LogP contribution >= 0.6 is 11.8 Å². The lowest BCUT2D eigenvalue weighted by molar-refractivity contribution is -0.115. The molecule has 4 aromatic rings. The van der Waals surface area contributed by atoms with Crippen LogP contribution in [0.2, 0.25) is 0 Å². The Hall–Kier alpha value is -3.98. The molecule has 1 unspecified atom stereocenters. The molecule has 8 nitrogen and oxygen atoms in total. The number of hydrogen-bond donors (Lipinski definition) is 2. The van der Waals surface area contributed by atoms with Crippen molar-refractivity contribution in [3.63, 3.8) is 0 Å². The van der Waals surface area contributed by atoms with Crippen LogP contribution in [0, 0.1) is 13.8 Å². The van der Waals surface area contributed by atoms with Crippen molar-refractivity contribution in [3.8, 4) is 22.9 Å². The lowest BCUT2D eigenvalue weighted by Crippen LogP contribution is -2.21. The molecule has 180 valence electrons. The van der Waals surface area contributed by atoms with Crippen molar-refractivity contribution >= 4 is 23.4 Å². The van der Waals surface area contributed by atoms with Gasteiger partial charge in [-0.05, 0) is 54.8 Å². The fraction of sp³-hybridized carbons (Fsp3) is 0.192. The maximum Gasteiger partial charge on any atom is 0.242 e. The van der Waals surface area contributed by atoms with Crippen LogP contribution in [0.5, 0.6) is 11.5 Å². The number of rotatable bonds is 8. The Morgan fingerprint density at radius 1 is 0.971 bits per heavy atom. The first-order valence-electron chi connectivity index (χ1n) is 10.9. The second-order valence-corrected chi connectivity index (χ2v) is 9.03. The minimum Gasteiger partial charge on any atom is -0.493 e. The number of carbonyl (C=O) groups is 1. The molecule has 1 amide bonds. The predicted octanol–water partition coefficient (Wildman–Crippen LogP) is 4.77. The normalized spacial score (nSPS) is 11.7. The van der Waals surface area contributed by atoms with Gasteiger partial charge in [0, 0.05) is 11.3 Å². The third kappa shape index (κ3) is 5.25. The monoisotopic (exact) mass is 489 g/mol. The Morgan fingerprint density at radius 3 is 2.43 bits per heavy atom. The fourth-order valence-corrected chi connectivity index (χ4v) is 4.56. The van der Waals surface area contributed by atoms with E-state index in [1.54, 1.807) is 26.4 Å². The molecule has 0 bridgehead atoms. The molecule has 3 aromatic carbocycles. The second kappa shape index (κ2) is 10.5. The number of nitrogens with zero attached hydrogens (tertiary/aromatic N) is 3. The predicted molar refractivity (Wildman–Crippen MR) is 138 cm³/mol. The maximum absolute atomic E-state index is 13.5. The smallest absolute Gasteiger partial charge is 0.242 e. The van der Waals surface area contributed by atoms with E-state index in [9.17, 15) is 4.79 Å². The molecule has 1 heterocycles. The molecule has 1 aromatic heterocycles. The summed E-state index contributed by atoms with van der Waals surface area (Å²) in [5.74, 6) is 7.80. The number of nitrogen functional groups attached to an aromatic ring is 1. The summed E-state index contributed by atoms with van der Waals surface area (Å²) in [5.41, 5.74) is 4.36. The number of methoxy groups -OCH3 is 2. The first kappa shape index (κ1) is 24.2. The number of aryl methyl sites for hydroxylation is 2. The van der Waals surface area contributed by atoms with Crippen molar-refractivity contribution < 1.29 is 14.3 Å². The van der Waals surface area contributed by atoms with E-state index in [1.165, 1.54) is 16.4 Å². The molecule has 0 saturated carbocycles. The number of aromatic nitrogens is 3. The highest BCUT2D eigenvalue weighted by Gasteiger charge is 2.26. The number of thioether (sulfide) groups is 1. The van der Waals surface area contributed by atoms with Crippen molar-refractivity contribution in [2.45, 2.75) is 24.3 Å². The molecular weight excluding hydrogens is 462 g/mol. The number of benzene rings is 3. The Kier molecular flexibility index (Phi) is 7.26. The molecule has 0 spiro atoms. The van der Waals surface area contributed by atoms with Gasteiger partial charge >= 0.3 is 0 Å². The third-order valence-corrected chi connectivity index (χ3v) is 6.73. The summed E-state index contributed by atoms with van der Waals surface area (Å²) in [6.07, 6.45) is 0. The number of nitrogens with one attached hydrogen (secondary N) is 1. The van der Waals surface area contributed by atoms with E-state index in [-0.39, 0.29) is 5.91 Å². The Bertz CT molecular complexity index is 1340. The molecule has 0 saturated heterocycles. The zero-order chi connectivity index (χ0) is 24.9. The minimum atomic E-state index is -0.596. The summed E-state index contributed by atoms with van der Waals surface area (Å²) < 4.78 is 12.1. The summed E-state index contributed by atoms with van der Waals surface area (Å²) in [4.78, 5) is 13.5. The van der Waals surface area contributed by atoms with Crippen molar-refractivity contribution in [3.05, 3.63) is 83.4 Å². The van der Waals surface area contributed by atoms with Crippen LogP contribution in [0.4, 0.5) is 5.69 Å². The number of anilines is 1. The summed E-state index contributed by atoms with van der Waals surface area (Å²) in [5, 5.41) is 11.4. The van der Waals surface area contributed by atoms with Crippen LogP contribution in [0.3, 0.4) is 0 Å². The number of carbonyl (C=O) groups excluding carboxylic acids is 1.